The van der Waals surface area contributed by atoms with E-state index in [0.29, 0.717) is 25.0 Å². The van der Waals surface area contributed by atoms with Crippen molar-refractivity contribution in [2.45, 2.75) is 52.9 Å². The number of carbonyl (C=O) groups is 2. The van der Waals surface area contributed by atoms with Crippen LogP contribution in [0.15, 0.2) is 0 Å². The molecule has 0 heterocycles. The number of rotatable bonds is 5. The summed E-state index contributed by atoms with van der Waals surface area (Å²) >= 11 is 0. The molecule has 0 aromatic heterocycles. The van der Waals surface area contributed by atoms with Crippen LogP contribution in [0.2, 0.25) is 0 Å². The second kappa shape index (κ2) is 11.1. The van der Waals surface area contributed by atoms with E-state index in [1.165, 1.54) is 0 Å². The number of hydrogen-bond acceptors (Lipinski definition) is 2. The molecule has 1 N–H and O–H groups in total. The Morgan fingerprint density at radius 1 is 1.08 bits per heavy atom. The molecular weight excluding hydrogens is 168 g/mol. The lowest BCUT2D eigenvalue weighted by molar-refractivity contribution is -0.137. The zero-order valence-corrected chi connectivity index (χ0v) is 8.80. The molecule has 0 bridgehead atoms. The summed E-state index contributed by atoms with van der Waals surface area (Å²) in [6.07, 6.45) is 3.46. The van der Waals surface area contributed by atoms with Gasteiger partial charge in [-0.2, -0.15) is 0 Å². The van der Waals surface area contributed by atoms with Gasteiger partial charge in [-0.15, -0.1) is 0 Å². The molecule has 0 spiro atoms. The third-order valence-corrected chi connectivity index (χ3v) is 1.53. The van der Waals surface area contributed by atoms with Gasteiger partial charge in [0.05, 0.1) is 0 Å². The minimum absolute atomic E-state index is 0.316. The molecule has 78 valence electrons. The van der Waals surface area contributed by atoms with E-state index in [1.54, 1.807) is 0 Å². The minimum atomic E-state index is -0.693. The third-order valence-electron chi connectivity index (χ3n) is 1.53. The van der Waals surface area contributed by atoms with Gasteiger partial charge in [0.2, 0.25) is 0 Å². The second-order valence-corrected chi connectivity index (χ2v) is 2.74. The van der Waals surface area contributed by atoms with Gasteiger partial charge in [-0.25, -0.2) is 0 Å². The van der Waals surface area contributed by atoms with Gasteiger partial charge >= 0.3 is 5.97 Å². The van der Waals surface area contributed by atoms with Crippen LogP contribution < -0.4 is 0 Å². The van der Waals surface area contributed by atoms with Crippen LogP contribution in [0.1, 0.15) is 52.9 Å². The van der Waals surface area contributed by atoms with Crippen molar-refractivity contribution in [3.05, 3.63) is 0 Å². The van der Waals surface area contributed by atoms with Crippen LogP contribution in [0.3, 0.4) is 0 Å². The zero-order chi connectivity index (χ0) is 10.7. The lowest BCUT2D eigenvalue weighted by atomic mass is 10.3. The Bertz CT molecular complexity index is 135. The van der Waals surface area contributed by atoms with Crippen molar-refractivity contribution in [3.63, 3.8) is 0 Å². The van der Waals surface area contributed by atoms with Crippen LogP contribution in [0.4, 0.5) is 0 Å². The first-order valence-electron chi connectivity index (χ1n) is 4.81. The van der Waals surface area contributed by atoms with Crippen molar-refractivity contribution < 1.29 is 14.7 Å². The molecule has 0 rings (SSSR count). The summed E-state index contributed by atoms with van der Waals surface area (Å²) < 4.78 is 0. The molecular formula is C10H20O3. The molecule has 0 aliphatic carbocycles. The summed E-state index contributed by atoms with van der Waals surface area (Å²) in [5.74, 6) is -0.350. The third kappa shape index (κ3) is 18.3. The lowest BCUT2D eigenvalue weighted by Crippen LogP contribution is -1.91. The van der Waals surface area contributed by atoms with Crippen molar-refractivity contribution in [1.82, 2.24) is 0 Å². The van der Waals surface area contributed by atoms with Crippen molar-refractivity contribution in [2.24, 2.45) is 0 Å². The Labute approximate surface area is 80.1 Å². The largest absolute Gasteiger partial charge is 0.481 e. The first kappa shape index (κ1) is 14.7. The fraction of sp³-hybridized carbons (Fsp3) is 0.800. The van der Waals surface area contributed by atoms with Gasteiger partial charge in [-0.3, -0.25) is 9.59 Å². The van der Waals surface area contributed by atoms with Crippen LogP contribution in [-0.4, -0.2) is 16.9 Å². The minimum Gasteiger partial charge on any atom is -0.481 e. The Morgan fingerprint density at radius 3 is 1.62 bits per heavy atom. The standard InChI is InChI=1S/C5H10O2.C5H10O/c1-2-3-4-5(6)7;1-3-5(6)4-2/h2-4H2,1H3,(H,6,7);3-4H2,1-2H3. The number of carbonyl (C=O) groups excluding carboxylic acids is 1. The molecule has 0 aliphatic rings. The second-order valence-electron chi connectivity index (χ2n) is 2.74. The first-order valence-corrected chi connectivity index (χ1v) is 4.81. The fourth-order valence-corrected chi connectivity index (χ4v) is 0.578. The quantitative estimate of drug-likeness (QED) is 0.721. The zero-order valence-electron chi connectivity index (χ0n) is 8.80. The van der Waals surface area contributed by atoms with E-state index in [2.05, 4.69) is 0 Å². The number of carboxylic acid groups (broad SMARTS) is 1. The smallest absolute Gasteiger partial charge is 0.303 e. The molecule has 0 radical (unpaired) electrons. The molecule has 0 saturated carbocycles. The average molecular weight is 188 g/mol. The molecule has 0 aliphatic heterocycles. The van der Waals surface area contributed by atoms with Crippen molar-refractivity contribution in [2.75, 3.05) is 0 Å². The molecule has 0 amide bonds. The Hall–Kier alpha value is -0.860. The number of unbranched alkanes of at least 4 members (excludes halogenated alkanes) is 1. The summed E-state index contributed by atoms with van der Waals surface area (Å²) in [6.45, 7) is 5.74. The molecule has 3 nitrogen and oxygen atoms in total. The maximum absolute atomic E-state index is 10.2. The van der Waals surface area contributed by atoms with Gasteiger partial charge in [0.15, 0.2) is 0 Å². The fourth-order valence-electron chi connectivity index (χ4n) is 0.578. The van der Waals surface area contributed by atoms with E-state index in [9.17, 15) is 9.59 Å². The summed E-state index contributed by atoms with van der Waals surface area (Å²) in [6, 6.07) is 0. The van der Waals surface area contributed by atoms with Gasteiger partial charge in [-0.05, 0) is 6.42 Å². The van der Waals surface area contributed by atoms with Gasteiger partial charge in [0.1, 0.15) is 5.78 Å². The summed E-state index contributed by atoms with van der Waals surface area (Å²) in [5, 5.41) is 8.04. The summed E-state index contributed by atoms with van der Waals surface area (Å²) in [5.41, 5.74) is 0. The van der Waals surface area contributed by atoms with E-state index < -0.39 is 5.97 Å². The summed E-state index contributed by atoms with van der Waals surface area (Å²) in [7, 11) is 0. The lowest BCUT2D eigenvalue weighted by Gasteiger charge is -1.85. The maximum atomic E-state index is 10.2. The predicted octanol–water partition coefficient (Wildman–Crippen LogP) is 2.64. The van der Waals surface area contributed by atoms with Gasteiger partial charge in [-0.1, -0.05) is 27.2 Å². The molecule has 3 heteroatoms. The maximum Gasteiger partial charge on any atom is 0.303 e. The number of ketones is 1. The molecule has 0 aromatic carbocycles. The average Bonchev–Trinajstić information content (AvgIpc) is 2.14. The van der Waals surface area contributed by atoms with E-state index in [4.69, 9.17) is 5.11 Å². The monoisotopic (exact) mass is 188 g/mol. The highest BCUT2D eigenvalue weighted by Gasteiger charge is 1.90. The predicted molar refractivity (Wildman–Crippen MR) is 52.7 cm³/mol. The number of Topliss-reactive ketones (excluding diaryl/α,β-unsaturated/α-hetero) is 1. The Morgan fingerprint density at radius 2 is 1.54 bits per heavy atom. The number of aliphatic carboxylic acids is 1. The molecule has 13 heavy (non-hydrogen) atoms. The van der Waals surface area contributed by atoms with Crippen LogP contribution in [0, 0.1) is 0 Å². The molecule has 0 atom stereocenters. The van der Waals surface area contributed by atoms with E-state index in [1.807, 2.05) is 20.8 Å². The highest BCUT2D eigenvalue weighted by atomic mass is 16.4. The van der Waals surface area contributed by atoms with Crippen LogP contribution in [-0.2, 0) is 9.59 Å². The van der Waals surface area contributed by atoms with Crippen molar-refractivity contribution in [3.8, 4) is 0 Å². The van der Waals surface area contributed by atoms with Gasteiger partial charge in [0, 0.05) is 19.3 Å². The van der Waals surface area contributed by atoms with Gasteiger partial charge < -0.3 is 5.11 Å². The summed E-state index contributed by atoms with van der Waals surface area (Å²) in [4.78, 5) is 19.9. The SMILES string of the molecule is CCC(=O)CC.CCCCC(=O)O. The van der Waals surface area contributed by atoms with E-state index >= 15 is 0 Å². The topological polar surface area (TPSA) is 54.4 Å². The highest BCUT2D eigenvalue weighted by Crippen LogP contribution is 1.91. The van der Waals surface area contributed by atoms with Crippen LogP contribution in [0.5, 0.6) is 0 Å². The van der Waals surface area contributed by atoms with E-state index in [-0.39, 0.29) is 0 Å². The highest BCUT2D eigenvalue weighted by molar-refractivity contribution is 5.77. The van der Waals surface area contributed by atoms with Crippen LogP contribution in [0.25, 0.3) is 0 Å². The Balaban J connectivity index is 0. The Kier molecular flexibility index (Phi) is 12.6. The molecule has 0 unspecified atom stereocenters. The van der Waals surface area contributed by atoms with Crippen molar-refractivity contribution in [1.29, 1.82) is 0 Å². The van der Waals surface area contributed by atoms with E-state index in [0.717, 1.165) is 12.8 Å². The van der Waals surface area contributed by atoms with Crippen LogP contribution >= 0.6 is 0 Å². The normalized spacial score (nSPS) is 8.54. The first-order chi connectivity index (χ1) is 6.08. The number of hydrogen-bond donors (Lipinski definition) is 1. The number of carboxylic acids is 1. The van der Waals surface area contributed by atoms with Crippen molar-refractivity contribution >= 4 is 11.8 Å². The molecule has 0 fully saturated rings. The molecule has 0 aromatic rings. The molecule has 0 saturated heterocycles. The van der Waals surface area contributed by atoms with Gasteiger partial charge in [0.25, 0.3) is 0 Å².